The number of hydrogen-bond donors (Lipinski definition) is 1. The second-order valence-corrected chi connectivity index (χ2v) is 8.40. The molecule has 0 radical (unpaired) electrons. The molecule has 2 heterocycles. The SMILES string of the molecule is Cc1ccc(C)c(CSc2nc3sccc3c(=O)n2CCCCC(=O)O)c1. The zero-order chi connectivity index (χ0) is 19.4. The number of aliphatic carboxylic acids is 1. The van der Waals surface area contributed by atoms with E-state index in [1.165, 1.54) is 28.0 Å². The molecule has 5 nitrogen and oxygen atoms in total. The van der Waals surface area contributed by atoms with E-state index in [0.717, 1.165) is 10.6 Å². The molecule has 0 aliphatic carbocycles. The minimum atomic E-state index is -0.807. The van der Waals surface area contributed by atoms with Crippen LogP contribution in [0.2, 0.25) is 0 Å². The van der Waals surface area contributed by atoms with Crippen LogP contribution in [0.25, 0.3) is 10.2 Å². The number of carbonyl (C=O) groups is 1. The summed E-state index contributed by atoms with van der Waals surface area (Å²) in [5.74, 6) is -0.0651. The number of benzene rings is 1. The number of thiophene rings is 1. The van der Waals surface area contributed by atoms with E-state index in [-0.39, 0.29) is 12.0 Å². The van der Waals surface area contributed by atoms with Gasteiger partial charge in [0.25, 0.3) is 5.56 Å². The average molecular weight is 403 g/mol. The molecule has 0 amide bonds. The number of aromatic nitrogens is 2. The summed E-state index contributed by atoms with van der Waals surface area (Å²) in [5.41, 5.74) is 3.63. The smallest absolute Gasteiger partial charge is 0.303 e. The highest BCUT2D eigenvalue weighted by Crippen LogP contribution is 2.26. The molecule has 1 N–H and O–H groups in total. The fourth-order valence-corrected chi connectivity index (χ4v) is 4.78. The first-order valence-electron chi connectivity index (χ1n) is 8.84. The van der Waals surface area contributed by atoms with Crippen molar-refractivity contribution >= 4 is 39.3 Å². The van der Waals surface area contributed by atoms with Gasteiger partial charge in [-0.3, -0.25) is 14.2 Å². The average Bonchev–Trinajstić information content (AvgIpc) is 3.09. The minimum absolute atomic E-state index is 0.0416. The second kappa shape index (κ2) is 8.71. The Hall–Kier alpha value is -2.12. The van der Waals surface area contributed by atoms with Gasteiger partial charge in [0, 0.05) is 18.7 Å². The maximum atomic E-state index is 12.9. The largest absolute Gasteiger partial charge is 0.481 e. The normalized spacial score (nSPS) is 11.2. The molecule has 3 aromatic rings. The van der Waals surface area contributed by atoms with Gasteiger partial charge in [0.15, 0.2) is 5.16 Å². The van der Waals surface area contributed by atoms with Crippen molar-refractivity contribution in [2.24, 2.45) is 0 Å². The third kappa shape index (κ3) is 4.78. The van der Waals surface area contributed by atoms with Crippen LogP contribution >= 0.6 is 23.1 Å². The van der Waals surface area contributed by atoms with Crippen molar-refractivity contribution in [3.8, 4) is 0 Å². The van der Waals surface area contributed by atoms with Crippen LogP contribution in [0.1, 0.15) is 36.0 Å². The molecule has 0 fully saturated rings. The van der Waals surface area contributed by atoms with Gasteiger partial charge in [-0.15, -0.1) is 11.3 Å². The van der Waals surface area contributed by atoms with Crippen LogP contribution in [-0.2, 0) is 17.1 Å². The zero-order valence-corrected chi connectivity index (χ0v) is 17.0. The van der Waals surface area contributed by atoms with Gasteiger partial charge in [-0.05, 0) is 49.3 Å². The number of unbranched alkanes of at least 4 members (excludes halogenated alkanes) is 1. The highest BCUT2D eigenvalue weighted by atomic mass is 32.2. The molecule has 2 aromatic heterocycles. The fraction of sp³-hybridized carbons (Fsp3) is 0.350. The van der Waals surface area contributed by atoms with Crippen molar-refractivity contribution < 1.29 is 9.90 Å². The van der Waals surface area contributed by atoms with E-state index in [1.54, 1.807) is 16.3 Å². The second-order valence-electron chi connectivity index (χ2n) is 6.56. The van der Waals surface area contributed by atoms with Gasteiger partial charge in [0.1, 0.15) is 4.83 Å². The minimum Gasteiger partial charge on any atom is -0.481 e. The summed E-state index contributed by atoms with van der Waals surface area (Å²) in [6.45, 7) is 4.65. The molecule has 0 spiro atoms. The zero-order valence-electron chi connectivity index (χ0n) is 15.4. The number of nitrogens with zero attached hydrogens (tertiary/aromatic N) is 2. The van der Waals surface area contributed by atoms with Crippen molar-refractivity contribution in [2.75, 3.05) is 0 Å². The van der Waals surface area contributed by atoms with Crippen LogP contribution in [0.3, 0.4) is 0 Å². The molecule has 0 saturated carbocycles. The van der Waals surface area contributed by atoms with E-state index in [9.17, 15) is 9.59 Å². The van der Waals surface area contributed by atoms with E-state index < -0.39 is 5.97 Å². The molecule has 142 valence electrons. The highest BCUT2D eigenvalue weighted by Gasteiger charge is 2.13. The first kappa shape index (κ1) is 19.6. The number of rotatable bonds is 8. The fourth-order valence-electron chi connectivity index (χ4n) is 2.88. The predicted octanol–water partition coefficient (Wildman–Crippen LogP) is 4.62. The molecule has 27 heavy (non-hydrogen) atoms. The number of fused-ring (bicyclic) bond motifs is 1. The molecule has 7 heteroatoms. The number of carboxylic acids is 1. The summed E-state index contributed by atoms with van der Waals surface area (Å²) < 4.78 is 1.70. The molecule has 0 aliphatic heterocycles. The molecule has 0 atom stereocenters. The lowest BCUT2D eigenvalue weighted by atomic mass is 10.1. The Labute approximate surface area is 166 Å². The first-order valence-corrected chi connectivity index (χ1v) is 10.7. The van der Waals surface area contributed by atoms with Gasteiger partial charge < -0.3 is 5.11 Å². The monoisotopic (exact) mass is 402 g/mol. The molecule has 0 bridgehead atoms. The Morgan fingerprint density at radius 3 is 2.85 bits per heavy atom. The van der Waals surface area contributed by atoms with E-state index >= 15 is 0 Å². The van der Waals surface area contributed by atoms with E-state index in [0.29, 0.717) is 29.9 Å². The Bertz CT molecular complexity index is 1020. The van der Waals surface area contributed by atoms with E-state index in [4.69, 9.17) is 10.1 Å². The van der Waals surface area contributed by atoms with Crippen LogP contribution in [-0.4, -0.2) is 20.6 Å². The summed E-state index contributed by atoms with van der Waals surface area (Å²) in [6, 6.07) is 8.18. The van der Waals surface area contributed by atoms with Crippen molar-refractivity contribution in [1.29, 1.82) is 0 Å². The molecular weight excluding hydrogens is 380 g/mol. The molecular formula is C20H22N2O3S2. The Balaban J connectivity index is 1.85. The van der Waals surface area contributed by atoms with Crippen molar-refractivity contribution in [1.82, 2.24) is 9.55 Å². The van der Waals surface area contributed by atoms with Crippen LogP contribution in [0.4, 0.5) is 0 Å². The standard InChI is InChI=1S/C20H22N2O3S2/c1-13-6-7-14(2)15(11-13)12-27-20-21-18-16(8-10-26-18)19(25)22(20)9-4-3-5-17(23)24/h6-8,10-11H,3-5,9,12H2,1-2H3,(H,23,24). The van der Waals surface area contributed by atoms with Crippen molar-refractivity contribution in [3.05, 3.63) is 56.7 Å². The third-order valence-corrected chi connectivity index (χ3v) is 6.26. The summed E-state index contributed by atoms with van der Waals surface area (Å²) in [5, 5.41) is 12.0. The van der Waals surface area contributed by atoms with E-state index in [2.05, 4.69) is 32.0 Å². The Morgan fingerprint density at radius 1 is 1.26 bits per heavy atom. The number of hydrogen-bond acceptors (Lipinski definition) is 5. The maximum Gasteiger partial charge on any atom is 0.303 e. The highest BCUT2D eigenvalue weighted by molar-refractivity contribution is 7.98. The van der Waals surface area contributed by atoms with Gasteiger partial charge in [0.05, 0.1) is 5.39 Å². The van der Waals surface area contributed by atoms with Gasteiger partial charge in [-0.25, -0.2) is 4.98 Å². The summed E-state index contributed by atoms with van der Waals surface area (Å²) in [7, 11) is 0. The van der Waals surface area contributed by atoms with Gasteiger partial charge in [-0.2, -0.15) is 0 Å². The molecule has 1 aromatic carbocycles. The van der Waals surface area contributed by atoms with Crippen LogP contribution in [0.5, 0.6) is 0 Å². The molecule has 0 saturated heterocycles. The predicted molar refractivity (Wildman–Crippen MR) is 111 cm³/mol. The Morgan fingerprint density at radius 2 is 2.07 bits per heavy atom. The first-order chi connectivity index (χ1) is 13.0. The quantitative estimate of drug-likeness (QED) is 0.338. The van der Waals surface area contributed by atoms with Gasteiger partial charge in [0.2, 0.25) is 0 Å². The summed E-state index contributed by atoms with van der Waals surface area (Å²) in [6.07, 6.45) is 1.30. The lowest BCUT2D eigenvalue weighted by Crippen LogP contribution is -2.23. The molecule has 0 unspecified atom stereocenters. The lowest BCUT2D eigenvalue weighted by Gasteiger charge is -2.13. The van der Waals surface area contributed by atoms with Crippen molar-refractivity contribution in [2.45, 2.75) is 50.6 Å². The maximum absolute atomic E-state index is 12.9. The van der Waals surface area contributed by atoms with E-state index in [1.807, 2.05) is 11.4 Å². The number of thioether (sulfide) groups is 1. The van der Waals surface area contributed by atoms with Gasteiger partial charge in [-0.1, -0.05) is 35.5 Å². The third-order valence-electron chi connectivity index (χ3n) is 4.43. The van der Waals surface area contributed by atoms with Crippen molar-refractivity contribution in [3.63, 3.8) is 0 Å². The number of aryl methyl sites for hydroxylation is 2. The van der Waals surface area contributed by atoms with Crippen LogP contribution in [0.15, 0.2) is 39.6 Å². The van der Waals surface area contributed by atoms with Crippen LogP contribution in [0, 0.1) is 13.8 Å². The summed E-state index contributed by atoms with van der Waals surface area (Å²) >= 11 is 3.03. The molecule has 0 aliphatic rings. The molecule has 3 rings (SSSR count). The number of carboxylic acid groups (broad SMARTS) is 1. The van der Waals surface area contributed by atoms with Gasteiger partial charge >= 0.3 is 5.97 Å². The Kier molecular flexibility index (Phi) is 6.34. The summed E-state index contributed by atoms with van der Waals surface area (Å²) in [4.78, 5) is 29.1. The topological polar surface area (TPSA) is 72.2 Å². The van der Waals surface area contributed by atoms with Crippen LogP contribution < -0.4 is 5.56 Å². The lowest BCUT2D eigenvalue weighted by molar-refractivity contribution is -0.137.